The minimum Gasteiger partial charge on any atom is -0.468 e. The number of ether oxygens (including phenoxy) is 1. The van der Waals surface area contributed by atoms with Gasteiger partial charge in [0.1, 0.15) is 5.25 Å². The van der Waals surface area contributed by atoms with E-state index >= 15 is 0 Å². The van der Waals surface area contributed by atoms with Gasteiger partial charge in [-0.25, -0.2) is 0 Å². The maximum atomic E-state index is 11.1. The van der Waals surface area contributed by atoms with Crippen LogP contribution in [-0.2, 0) is 9.53 Å². The molecule has 0 heterocycles. The summed E-state index contributed by atoms with van der Waals surface area (Å²) in [5.74, 6) is 1.21. The molecule has 0 rings (SSSR count). The van der Waals surface area contributed by atoms with Gasteiger partial charge in [-0.3, -0.25) is 4.79 Å². The number of thioether (sulfide) groups is 1. The third-order valence-corrected chi connectivity index (χ3v) is 2.81. The summed E-state index contributed by atoms with van der Waals surface area (Å²) in [5, 5.41) is 0.00463. The van der Waals surface area contributed by atoms with Crippen molar-refractivity contribution in [2.75, 3.05) is 12.9 Å². The van der Waals surface area contributed by atoms with Gasteiger partial charge in [0.25, 0.3) is 0 Å². The Kier molecular flexibility index (Phi) is 5.38. The molecule has 0 bridgehead atoms. The third-order valence-electron chi connectivity index (χ3n) is 1.39. The van der Waals surface area contributed by atoms with Gasteiger partial charge in [-0.15, -0.1) is 11.8 Å². The molecule has 0 amide bonds. The summed E-state index contributed by atoms with van der Waals surface area (Å²) in [5.41, 5.74) is 0. The number of hydrogen-bond acceptors (Lipinski definition) is 3. The highest BCUT2D eigenvalue weighted by Gasteiger charge is 2.21. The Bertz CT molecular complexity index is 123. The maximum Gasteiger partial charge on any atom is 0.319 e. The van der Waals surface area contributed by atoms with Gasteiger partial charge in [0.2, 0.25) is 0 Å². The Labute approximate surface area is 72.7 Å². The summed E-state index contributed by atoms with van der Waals surface area (Å²) in [7, 11) is 1.44. The molecule has 0 spiro atoms. The fourth-order valence-corrected chi connectivity index (χ4v) is 1.80. The minimum absolute atomic E-state index is 0.00463. The van der Waals surface area contributed by atoms with Gasteiger partial charge >= 0.3 is 5.97 Å². The monoisotopic (exact) mass is 176 g/mol. The number of rotatable bonds is 4. The average Bonchev–Trinajstić information content (AvgIpc) is 1.98. The predicted molar refractivity (Wildman–Crippen MR) is 48.8 cm³/mol. The number of esters is 1. The summed E-state index contributed by atoms with van der Waals surface area (Å²) in [4.78, 5) is 11.1. The average molecular weight is 176 g/mol. The van der Waals surface area contributed by atoms with E-state index in [1.54, 1.807) is 11.8 Å². The van der Waals surface area contributed by atoms with Crippen LogP contribution >= 0.6 is 11.8 Å². The lowest BCUT2D eigenvalue weighted by atomic mass is 10.1. The van der Waals surface area contributed by atoms with E-state index in [9.17, 15) is 4.79 Å². The Balaban J connectivity index is 3.98. The molecule has 2 nitrogen and oxygen atoms in total. The molecule has 0 aromatic carbocycles. The SMILES string of the molecule is CCSC(C(=O)OC)C(C)C. The third kappa shape index (κ3) is 3.65. The molecule has 66 valence electrons. The number of methoxy groups -OCH3 is 1. The molecule has 0 saturated carbocycles. The highest BCUT2D eigenvalue weighted by atomic mass is 32.2. The quantitative estimate of drug-likeness (QED) is 0.612. The fraction of sp³-hybridized carbons (Fsp3) is 0.875. The summed E-state index contributed by atoms with van der Waals surface area (Å²) in [6, 6.07) is 0. The van der Waals surface area contributed by atoms with Gasteiger partial charge in [0.15, 0.2) is 0 Å². The summed E-state index contributed by atoms with van der Waals surface area (Å²) in [6.07, 6.45) is 0. The number of hydrogen-bond donors (Lipinski definition) is 0. The summed E-state index contributed by atoms with van der Waals surface area (Å²) < 4.78 is 4.67. The van der Waals surface area contributed by atoms with E-state index in [0.29, 0.717) is 5.92 Å². The van der Waals surface area contributed by atoms with Crippen LogP contribution in [0.15, 0.2) is 0 Å². The molecule has 3 heteroatoms. The molecule has 0 aromatic rings. The second kappa shape index (κ2) is 5.47. The van der Waals surface area contributed by atoms with Crippen molar-refractivity contribution in [3.8, 4) is 0 Å². The lowest BCUT2D eigenvalue weighted by Gasteiger charge is -2.16. The highest BCUT2D eigenvalue weighted by molar-refractivity contribution is 8.00. The Morgan fingerprint density at radius 3 is 2.36 bits per heavy atom. The van der Waals surface area contributed by atoms with Crippen molar-refractivity contribution in [3.63, 3.8) is 0 Å². The second-order valence-electron chi connectivity index (χ2n) is 2.64. The molecule has 0 aliphatic carbocycles. The lowest BCUT2D eigenvalue weighted by Crippen LogP contribution is -2.24. The van der Waals surface area contributed by atoms with E-state index in [4.69, 9.17) is 0 Å². The van der Waals surface area contributed by atoms with Crippen LogP contribution in [0.3, 0.4) is 0 Å². The van der Waals surface area contributed by atoms with Gasteiger partial charge in [-0.05, 0) is 11.7 Å². The van der Waals surface area contributed by atoms with Gasteiger partial charge in [0.05, 0.1) is 7.11 Å². The Morgan fingerprint density at radius 2 is 2.09 bits per heavy atom. The predicted octanol–water partition coefficient (Wildman–Crippen LogP) is 1.94. The molecule has 1 unspecified atom stereocenters. The minimum atomic E-state index is -0.105. The van der Waals surface area contributed by atoms with Crippen LogP contribution in [0.1, 0.15) is 20.8 Å². The van der Waals surface area contributed by atoms with E-state index in [-0.39, 0.29) is 11.2 Å². The van der Waals surface area contributed by atoms with E-state index < -0.39 is 0 Å². The van der Waals surface area contributed by atoms with Crippen LogP contribution in [0.2, 0.25) is 0 Å². The molecule has 1 atom stereocenters. The van der Waals surface area contributed by atoms with E-state index in [2.05, 4.69) is 4.74 Å². The smallest absolute Gasteiger partial charge is 0.319 e. The first-order valence-corrected chi connectivity index (χ1v) is 4.87. The largest absolute Gasteiger partial charge is 0.468 e. The second-order valence-corrected chi connectivity index (χ2v) is 4.06. The fourth-order valence-electron chi connectivity index (χ4n) is 0.828. The Morgan fingerprint density at radius 1 is 1.55 bits per heavy atom. The number of carbonyl (C=O) groups is 1. The zero-order valence-corrected chi connectivity index (χ0v) is 8.40. The van der Waals surface area contributed by atoms with Crippen LogP contribution in [0, 0.1) is 5.92 Å². The van der Waals surface area contributed by atoms with Crippen LogP contribution in [0.4, 0.5) is 0 Å². The normalized spacial score (nSPS) is 13.2. The number of carbonyl (C=O) groups excluding carboxylic acids is 1. The topological polar surface area (TPSA) is 26.3 Å². The van der Waals surface area contributed by atoms with Crippen molar-refractivity contribution >= 4 is 17.7 Å². The van der Waals surface area contributed by atoms with Gasteiger partial charge in [-0.2, -0.15) is 0 Å². The van der Waals surface area contributed by atoms with Crippen molar-refractivity contribution in [2.24, 2.45) is 5.92 Å². The van der Waals surface area contributed by atoms with Gasteiger partial charge < -0.3 is 4.74 Å². The van der Waals surface area contributed by atoms with Crippen LogP contribution < -0.4 is 0 Å². The standard InChI is InChI=1S/C8H16O2S/c1-5-11-7(6(2)3)8(9)10-4/h6-7H,5H2,1-4H3. The van der Waals surface area contributed by atoms with Crippen molar-refractivity contribution < 1.29 is 9.53 Å². The first-order valence-electron chi connectivity index (χ1n) is 3.82. The zero-order chi connectivity index (χ0) is 8.85. The first-order chi connectivity index (χ1) is 5.13. The Hall–Kier alpha value is -0.180. The molecule has 0 fully saturated rings. The molecule has 0 aliphatic rings. The molecule has 0 aromatic heterocycles. The summed E-state index contributed by atoms with van der Waals surface area (Å²) in [6.45, 7) is 6.11. The zero-order valence-electron chi connectivity index (χ0n) is 7.59. The summed E-state index contributed by atoms with van der Waals surface area (Å²) >= 11 is 1.64. The van der Waals surface area contributed by atoms with Gasteiger partial charge in [-0.1, -0.05) is 20.8 Å². The first kappa shape index (κ1) is 10.8. The molecular weight excluding hydrogens is 160 g/mol. The maximum absolute atomic E-state index is 11.1. The molecular formula is C8H16O2S. The molecule has 11 heavy (non-hydrogen) atoms. The van der Waals surface area contributed by atoms with E-state index in [1.807, 2.05) is 20.8 Å². The van der Waals surface area contributed by atoms with Crippen molar-refractivity contribution in [1.29, 1.82) is 0 Å². The molecule has 0 saturated heterocycles. The molecule has 0 N–H and O–H groups in total. The van der Waals surface area contributed by atoms with E-state index in [1.165, 1.54) is 7.11 Å². The van der Waals surface area contributed by atoms with Crippen molar-refractivity contribution in [3.05, 3.63) is 0 Å². The molecule has 0 aliphatic heterocycles. The van der Waals surface area contributed by atoms with E-state index in [0.717, 1.165) is 5.75 Å². The van der Waals surface area contributed by atoms with Crippen molar-refractivity contribution in [2.45, 2.75) is 26.0 Å². The lowest BCUT2D eigenvalue weighted by molar-refractivity contribution is -0.140. The van der Waals surface area contributed by atoms with Gasteiger partial charge in [0, 0.05) is 0 Å². The van der Waals surface area contributed by atoms with Crippen LogP contribution in [0.25, 0.3) is 0 Å². The molecule has 0 radical (unpaired) electrons. The highest BCUT2D eigenvalue weighted by Crippen LogP contribution is 2.19. The van der Waals surface area contributed by atoms with Crippen LogP contribution in [0.5, 0.6) is 0 Å². The van der Waals surface area contributed by atoms with Crippen molar-refractivity contribution in [1.82, 2.24) is 0 Å². The van der Waals surface area contributed by atoms with Crippen LogP contribution in [-0.4, -0.2) is 24.1 Å².